The van der Waals surface area contributed by atoms with E-state index in [2.05, 4.69) is 13.2 Å². The molecule has 0 spiro atoms. The summed E-state index contributed by atoms with van der Waals surface area (Å²) in [7, 11) is -3.96. The summed E-state index contributed by atoms with van der Waals surface area (Å²) in [5.41, 5.74) is 0.326. The summed E-state index contributed by atoms with van der Waals surface area (Å²) in [6, 6.07) is 0. The summed E-state index contributed by atoms with van der Waals surface area (Å²) >= 11 is 0. The summed E-state index contributed by atoms with van der Waals surface area (Å²) in [5, 5.41) is 0. The maximum Gasteiger partial charge on any atom is 2.00 e. The molecule has 0 aromatic rings. The number of rotatable bonds is 14. The Labute approximate surface area is 190 Å². The van der Waals surface area contributed by atoms with Crippen molar-refractivity contribution in [2.45, 2.75) is 39.5 Å². The van der Waals surface area contributed by atoms with E-state index in [-0.39, 0.29) is 62.6 Å². The van der Waals surface area contributed by atoms with Crippen LogP contribution in [0.25, 0.3) is 0 Å². The number of carbonyl (C=O) groups is 3. The summed E-state index contributed by atoms with van der Waals surface area (Å²) in [6.07, 6.45) is 1.94. The Kier molecular flexibility index (Phi) is 15.8. The van der Waals surface area contributed by atoms with Gasteiger partial charge in [0.15, 0.2) is 0 Å². The molecule has 11 heteroatoms. The van der Waals surface area contributed by atoms with Crippen molar-refractivity contribution in [3.05, 3.63) is 24.3 Å². The normalized spacial score (nSPS) is 10.6. The molecule has 0 saturated carbocycles. The Morgan fingerprint density at radius 2 is 1.34 bits per heavy atom. The average molecular weight is 447 g/mol. The molecule has 29 heavy (non-hydrogen) atoms. The maximum atomic E-state index is 12.2. The molecule has 0 rings (SSSR count). The van der Waals surface area contributed by atoms with E-state index in [0.717, 1.165) is 0 Å². The van der Waals surface area contributed by atoms with E-state index >= 15 is 0 Å². The summed E-state index contributed by atoms with van der Waals surface area (Å²) in [5.74, 6) is -3.35. The van der Waals surface area contributed by atoms with Gasteiger partial charge in [0.1, 0.15) is 19.1 Å². The fraction of sp³-hybridized carbons (Fsp3) is 0.611. The van der Waals surface area contributed by atoms with Crippen molar-refractivity contribution < 1.29 is 44.4 Å². The Hall–Kier alpha value is -1.43. The van der Waals surface area contributed by atoms with Crippen LogP contribution in [0.2, 0.25) is 0 Å². The van der Waals surface area contributed by atoms with Crippen molar-refractivity contribution >= 4 is 51.1 Å². The molecule has 0 saturated heterocycles. The predicted octanol–water partition coefficient (Wildman–Crippen LogP) is 1.68. The van der Waals surface area contributed by atoms with Crippen LogP contribution in [0.5, 0.6) is 0 Å². The first-order valence-electron chi connectivity index (χ1n) is 8.71. The molecule has 0 bridgehead atoms. The molecule has 0 aromatic carbocycles. The van der Waals surface area contributed by atoms with Gasteiger partial charge in [0, 0.05) is 11.1 Å². The first-order chi connectivity index (χ1) is 12.9. The van der Waals surface area contributed by atoms with Gasteiger partial charge in [-0.2, -0.15) is 8.42 Å². The number of carbonyl (C=O) groups excluding carboxylic acids is 3. The van der Waals surface area contributed by atoms with Crippen molar-refractivity contribution in [2.75, 3.05) is 25.6 Å². The molecule has 9 nitrogen and oxygen atoms in total. The van der Waals surface area contributed by atoms with E-state index in [1.807, 2.05) is 0 Å². The quantitative estimate of drug-likeness (QED) is 0.106. The third-order valence-electron chi connectivity index (χ3n) is 3.40. The molecule has 0 unspecified atom stereocenters. The van der Waals surface area contributed by atoms with E-state index in [1.54, 1.807) is 0 Å². The average Bonchev–Trinajstić information content (AvgIpc) is 2.58. The van der Waals surface area contributed by atoms with Crippen molar-refractivity contribution in [1.82, 2.24) is 0 Å². The molecule has 1 N–H and O–H groups in total. The number of hydrogen-bond donors (Lipinski definition) is 1. The first kappa shape index (κ1) is 29.8. The molecular formula is C18H30MgO9S. The van der Waals surface area contributed by atoms with Gasteiger partial charge in [-0.05, 0) is 26.7 Å². The second-order valence-corrected chi connectivity index (χ2v) is 7.89. The van der Waals surface area contributed by atoms with Gasteiger partial charge in [-0.1, -0.05) is 26.0 Å². The standard InChI is InChI=1S/C18H28O9S.Mg.2H/c1-13(2)16(19)26-11-15(12-27-17(20)14(3)4)18(21)25-9-7-5-6-8-10-28(22,23)24;;;/h15H,1,3,5-12H2,2,4H3,(H,22,23,24);;;/q;+2;2*-1. The van der Waals surface area contributed by atoms with Gasteiger partial charge < -0.3 is 17.1 Å². The monoisotopic (exact) mass is 446 g/mol. The van der Waals surface area contributed by atoms with E-state index in [4.69, 9.17) is 18.8 Å². The van der Waals surface area contributed by atoms with Gasteiger partial charge >= 0.3 is 41.0 Å². The van der Waals surface area contributed by atoms with E-state index in [0.29, 0.717) is 25.7 Å². The Balaban J connectivity index is -0.00000121. The van der Waals surface area contributed by atoms with Crippen LogP contribution in [0.1, 0.15) is 42.4 Å². The molecule has 0 aliphatic carbocycles. The van der Waals surface area contributed by atoms with Crippen LogP contribution in [0.15, 0.2) is 24.3 Å². The van der Waals surface area contributed by atoms with Crippen LogP contribution in [0.3, 0.4) is 0 Å². The van der Waals surface area contributed by atoms with Gasteiger partial charge in [-0.15, -0.1) is 0 Å². The van der Waals surface area contributed by atoms with Crippen molar-refractivity contribution in [1.29, 1.82) is 0 Å². The number of hydrogen-bond acceptors (Lipinski definition) is 8. The van der Waals surface area contributed by atoms with E-state index in [1.165, 1.54) is 13.8 Å². The number of ether oxygens (including phenoxy) is 3. The molecule has 0 fully saturated rings. The third kappa shape index (κ3) is 16.1. The molecule has 0 aliphatic rings. The molecule has 0 radical (unpaired) electrons. The van der Waals surface area contributed by atoms with Crippen LogP contribution in [0, 0.1) is 5.92 Å². The molecule has 0 atom stereocenters. The fourth-order valence-electron chi connectivity index (χ4n) is 1.81. The maximum absolute atomic E-state index is 12.2. The fourth-order valence-corrected chi connectivity index (χ4v) is 2.38. The van der Waals surface area contributed by atoms with Crippen LogP contribution < -0.4 is 0 Å². The van der Waals surface area contributed by atoms with E-state index < -0.39 is 33.9 Å². The second kappa shape index (κ2) is 15.4. The molecule has 164 valence electrons. The molecule has 0 heterocycles. The molecule has 0 aromatic heterocycles. The van der Waals surface area contributed by atoms with Crippen molar-refractivity contribution in [3.63, 3.8) is 0 Å². The Morgan fingerprint density at radius 1 is 0.897 bits per heavy atom. The van der Waals surface area contributed by atoms with Crippen LogP contribution in [0.4, 0.5) is 0 Å². The van der Waals surface area contributed by atoms with Gasteiger partial charge in [-0.3, -0.25) is 9.35 Å². The van der Waals surface area contributed by atoms with Crippen LogP contribution in [-0.2, 0) is 38.7 Å². The zero-order valence-corrected chi connectivity index (χ0v) is 19.2. The largest absolute Gasteiger partial charge is 2.00 e. The molecule has 0 aliphatic heterocycles. The van der Waals surface area contributed by atoms with Gasteiger partial charge in [0.2, 0.25) is 0 Å². The smallest absolute Gasteiger partial charge is 1.00 e. The topological polar surface area (TPSA) is 133 Å². The predicted molar refractivity (Wildman–Crippen MR) is 109 cm³/mol. The summed E-state index contributed by atoms with van der Waals surface area (Å²) in [6.45, 7) is 9.19. The SMILES string of the molecule is C=C(C)C(=O)OCC(COC(=O)C(=C)C)C(=O)OCCCCCCS(=O)(=O)O.[H-].[H-].[Mg+2]. The number of esters is 3. The minimum atomic E-state index is -3.96. The zero-order chi connectivity index (χ0) is 21.7. The summed E-state index contributed by atoms with van der Waals surface area (Å²) < 4.78 is 44.8. The van der Waals surface area contributed by atoms with Gasteiger partial charge in [0.05, 0.1) is 12.4 Å². The third-order valence-corrected chi connectivity index (χ3v) is 4.21. The second-order valence-electron chi connectivity index (χ2n) is 6.32. The molecular weight excluding hydrogens is 417 g/mol. The minimum absolute atomic E-state index is 0. The Bertz CT molecular complexity index is 666. The molecule has 0 amide bonds. The summed E-state index contributed by atoms with van der Waals surface area (Å²) in [4.78, 5) is 35.1. The van der Waals surface area contributed by atoms with Crippen molar-refractivity contribution in [2.24, 2.45) is 5.92 Å². The van der Waals surface area contributed by atoms with E-state index in [9.17, 15) is 22.8 Å². The van der Waals surface area contributed by atoms with Crippen LogP contribution >= 0.6 is 0 Å². The van der Waals surface area contributed by atoms with Gasteiger partial charge in [0.25, 0.3) is 10.1 Å². The zero-order valence-electron chi connectivity index (χ0n) is 19.0. The Morgan fingerprint density at radius 3 is 1.76 bits per heavy atom. The number of unbranched alkanes of at least 4 members (excludes halogenated alkanes) is 3. The first-order valence-corrected chi connectivity index (χ1v) is 10.3. The minimum Gasteiger partial charge on any atom is -1.00 e. The van der Waals surface area contributed by atoms with Crippen LogP contribution in [-0.4, -0.2) is 79.5 Å². The van der Waals surface area contributed by atoms with Gasteiger partial charge in [-0.25, -0.2) is 9.59 Å². The van der Waals surface area contributed by atoms with Crippen molar-refractivity contribution in [3.8, 4) is 0 Å².